The van der Waals surface area contributed by atoms with Gasteiger partial charge in [0.1, 0.15) is 0 Å². The monoisotopic (exact) mass is 480 g/mol. The summed E-state index contributed by atoms with van der Waals surface area (Å²) in [6, 6.07) is 36.2. The molecule has 0 atom stereocenters. The first kappa shape index (κ1) is 20.4. The maximum absolute atomic E-state index is 2.46. The van der Waals surface area contributed by atoms with E-state index >= 15 is 0 Å². The van der Waals surface area contributed by atoms with Crippen LogP contribution in [0, 0.1) is 13.8 Å². The van der Waals surface area contributed by atoms with E-state index in [0.717, 1.165) is 0 Å². The van der Waals surface area contributed by atoms with Crippen molar-refractivity contribution in [2.75, 3.05) is 0 Å². The Morgan fingerprint density at radius 3 is 1.32 bits per heavy atom. The highest BCUT2D eigenvalue weighted by Crippen LogP contribution is 2.41. The molecule has 7 aromatic rings. The minimum absolute atomic E-state index is 1.28. The van der Waals surface area contributed by atoms with E-state index in [1.165, 1.54) is 97.4 Å². The highest BCUT2D eigenvalue weighted by Gasteiger charge is 2.26. The third-order valence-corrected chi connectivity index (χ3v) is 8.92. The van der Waals surface area contributed by atoms with E-state index in [1.807, 2.05) is 0 Å². The van der Waals surface area contributed by atoms with Gasteiger partial charge in [0.2, 0.25) is 0 Å². The van der Waals surface area contributed by atoms with Gasteiger partial charge in [-0.05, 0) is 111 Å². The number of benzene rings is 7. The summed E-state index contributed by atoms with van der Waals surface area (Å²) in [6.45, 7) is 4.62. The molecule has 0 amide bonds. The van der Waals surface area contributed by atoms with Gasteiger partial charge in [0.15, 0.2) is 0 Å². The lowest BCUT2D eigenvalue weighted by Gasteiger charge is -2.16. The molecule has 176 valence electrons. The van der Waals surface area contributed by atoms with Crippen LogP contribution < -0.4 is 20.9 Å². The summed E-state index contributed by atoms with van der Waals surface area (Å²) in [6.07, 6.45) is 4.53. The average Bonchev–Trinajstić information content (AvgIpc) is 3.55. The van der Waals surface area contributed by atoms with Crippen molar-refractivity contribution in [1.82, 2.24) is 0 Å². The number of aryl methyl sites for hydroxylation is 2. The number of hydrogen-bond donors (Lipinski definition) is 0. The van der Waals surface area contributed by atoms with E-state index in [2.05, 4.69) is 123 Å². The summed E-state index contributed by atoms with van der Waals surface area (Å²) in [7, 11) is 0. The van der Waals surface area contributed by atoms with Crippen molar-refractivity contribution in [3.05, 3.63) is 140 Å². The molecule has 0 aliphatic heterocycles. The third-order valence-electron chi connectivity index (χ3n) is 8.92. The molecular weight excluding hydrogens is 456 g/mol. The van der Waals surface area contributed by atoms with Crippen LogP contribution in [-0.2, 0) is 0 Å². The molecule has 7 aromatic carbocycles. The minimum Gasteiger partial charge on any atom is -0.0622 e. The second-order valence-corrected chi connectivity index (χ2v) is 11.0. The van der Waals surface area contributed by atoms with Gasteiger partial charge in [-0.25, -0.2) is 0 Å². The van der Waals surface area contributed by atoms with Crippen LogP contribution in [0.15, 0.2) is 97.1 Å². The molecule has 0 N–H and O–H groups in total. The first-order valence-corrected chi connectivity index (χ1v) is 13.5. The smallest absolute Gasteiger partial charge is 0.000810 e. The fourth-order valence-corrected chi connectivity index (χ4v) is 7.47. The van der Waals surface area contributed by atoms with E-state index in [4.69, 9.17) is 0 Å². The molecular formula is C38H24. The Hall–Kier alpha value is -4.68. The van der Waals surface area contributed by atoms with Gasteiger partial charge in [0, 0.05) is 0 Å². The fraction of sp³-hybridized carbons (Fsp3) is 0.0526. The molecule has 0 heteroatoms. The van der Waals surface area contributed by atoms with E-state index < -0.39 is 0 Å². The first-order chi connectivity index (χ1) is 18.7. The molecule has 9 rings (SSSR count). The van der Waals surface area contributed by atoms with Crippen LogP contribution >= 0.6 is 0 Å². The zero-order valence-corrected chi connectivity index (χ0v) is 21.4. The molecule has 0 heterocycles. The summed E-state index contributed by atoms with van der Waals surface area (Å²) in [5.74, 6) is 0. The summed E-state index contributed by atoms with van der Waals surface area (Å²) >= 11 is 0. The van der Waals surface area contributed by atoms with Crippen LogP contribution in [-0.4, -0.2) is 0 Å². The zero-order chi connectivity index (χ0) is 25.1. The molecule has 2 aliphatic carbocycles. The van der Waals surface area contributed by atoms with E-state index in [1.54, 1.807) is 0 Å². The highest BCUT2D eigenvalue weighted by molar-refractivity contribution is 6.35. The first-order valence-electron chi connectivity index (χ1n) is 13.5. The molecule has 0 radical (unpaired) electrons. The van der Waals surface area contributed by atoms with E-state index in [0.29, 0.717) is 0 Å². The van der Waals surface area contributed by atoms with Gasteiger partial charge in [-0.2, -0.15) is 0 Å². The van der Waals surface area contributed by atoms with Crippen molar-refractivity contribution in [1.29, 1.82) is 0 Å². The van der Waals surface area contributed by atoms with E-state index in [-0.39, 0.29) is 0 Å². The summed E-state index contributed by atoms with van der Waals surface area (Å²) < 4.78 is 0. The molecule has 0 aromatic heterocycles. The lowest BCUT2D eigenvalue weighted by atomic mass is 9.86. The Kier molecular flexibility index (Phi) is 3.75. The van der Waals surface area contributed by atoms with Crippen molar-refractivity contribution in [3.63, 3.8) is 0 Å². The Bertz CT molecular complexity index is 2260. The van der Waals surface area contributed by atoms with Gasteiger partial charge < -0.3 is 0 Å². The predicted molar refractivity (Wildman–Crippen MR) is 162 cm³/mol. The maximum atomic E-state index is 2.46. The Morgan fingerprint density at radius 2 is 0.842 bits per heavy atom. The molecule has 0 bridgehead atoms. The Balaban J connectivity index is 1.63. The fourth-order valence-electron chi connectivity index (χ4n) is 7.47. The largest absolute Gasteiger partial charge is 0.0622 e. The lowest BCUT2D eigenvalue weighted by molar-refractivity contribution is 1.43. The van der Waals surface area contributed by atoms with Crippen LogP contribution in [0.25, 0.3) is 66.4 Å². The molecule has 0 unspecified atom stereocenters. The van der Waals surface area contributed by atoms with Gasteiger partial charge in [-0.3, -0.25) is 0 Å². The van der Waals surface area contributed by atoms with Gasteiger partial charge in [0.05, 0.1) is 0 Å². The second kappa shape index (κ2) is 7.00. The quantitative estimate of drug-likeness (QED) is 0.200. The van der Waals surface area contributed by atoms with Crippen molar-refractivity contribution < 1.29 is 0 Å². The normalized spacial score (nSPS) is 13.8. The molecule has 0 nitrogen and oxygen atoms in total. The molecule has 2 aliphatic rings. The van der Waals surface area contributed by atoms with Crippen LogP contribution in [0.4, 0.5) is 0 Å². The van der Waals surface area contributed by atoms with Crippen LogP contribution in [0.3, 0.4) is 0 Å². The van der Waals surface area contributed by atoms with Crippen molar-refractivity contribution >= 4 is 66.4 Å². The Morgan fingerprint density at radius 1 is 0.395 bits per heavy atom. The number of fused-ring (bicyclic) bond motifs is 2. The summed E-state index contributed by atoms with van der Waals surface area (Å²) in [5, 5.41) is 16.6. The van der Waals surface area contributed by atoms with Crippen LogP contribution in [0.5, 0.6) is 0 Å². The summed E-state index contributed by atoms with van der Waals surface area (Å²) in [4.78, 5) is 0. The van der Waals surface area contributed by atoms with Crippen molar-refractivity contribution in [2.45, 2.75) is 13.8 Å². The van der Waals surface area contributed by atoms with Crippen LogP contribution in [0.2, 0.25) is 0 Å². The van der Waals surface area contributed by atoms with Gasteiger partial charge in [0.25, 0.3) is 0 Å². The minimum atomic E-state index is 1.28. The molecule has 0 saturated heterocycles. The van der Waals surface area contributed by atoms with Crippen LogP contribution in [0.1, 0.15) is 22.3 Å². The lowest BCUT2D eigenvalue weighted by Crippen LogP contribution is -2.16. The standard InChI is InChI=1S/C38H24/c1-21-19-29-27-17-15-25-13-14-26-16-18-28(36(27)33(25)26)30-20-22(2)32-35(24-11-7-4-8-12-24)34(23-9-5-3-6-10-23)31(21)38(32)37(29)30/h3-20H,1-2H3. The van der Waals surface area contributed by atoms with Gasteiger partial charge in [-0.15, -0.1) is 0 Å². The third kappa shape index (κ3) is 2.37. The molecule has 38 heavy (non-hydrogen) atoms. The SMILES string of the molecule is Cc1cc2c3ccc4c5c(ccc(c6cc(C)c7c(c1=C(c1ccccc1)C=7c1ccccc1)c26)c53)=CC=4. The number of rotatable bonds is 2. The number of hydrogen-bond acceptors (Lipinski definition) is 0. The summed E-state index contributed by atoms with van der Waals surface area (Å²) in [5.41, 5.74) is 7.98. The van der Waals surface area contributed by atoms with Crippen molar-refractivity contribution in [2.24, 2.45) is 0 Å². The van der Waals surface area contributed by atoms with E-state index in [9.17, 15) is 0 Å². The van der Waals surface area contributed by atoms with Gasteiger partial charge >= 0.3 is 0 Å². The second-order valence-electron chi connectivity index (χ2n) is 11.0. The molecule has 0 saturated carbocycles. The van der Waals surface area contributed by atoms with Crippen molar-refractivity contribution in [3.8, 4) is 0 Å². The average molecular weight is 481 g/mol. The zero-order valence-electron chi connectivity index (χ0n) is 21.4. The molecule has 0 fully saturated rings. The van der Waals surface area contributed by atoms with Gasteiger partial charge in [-0.1, -0.05) is 109 Å². The predicted octanol–water partition coefficient (Wildman–Crippen LogP) is 6.34. The topological polar surface area (TPSA) is 0 Å². The maximum Gasteiger partial charge on any atom is -0.000810 e. The molecule has 0 spiro atoms. The highest BCUT2D eigenvalue weighted by atomic mass is 14.3. The Labute approximate surface area is 220 Å².